The number of carbonyl (C=O) groups excluding carboxylic acids is 1. The SMILES string of the molecule is NCC1(NC(=O)c2cn[nH]c2)CCCC1. The zero-order valence-corrected chi connectivity index (χ0v) is 8.62. The summed E-state index contributed by atoms with van der Waals surface area (Å²) in [4.78, 5) is 11.8. The predicted molar refractivity (Wildman–Crippen MR) is 56.3 cm³/mol. The molecular weight excluding hydrogens is 192 g/mol. The minimum atomic E-state index is -0.186. The van der Waals surface area contributed by atoms with Gasteiger partial charge >= 0.3 is 0 Å². The summed E-state index contributed by atoms with van der Waals surface area (Å²) in [7, 11) is 0. The van der Waals surface area contributed by atoms with E-state index in [1.54, 1.807) is 6.20 Å². The number of nitrogens with zero attached hydrogens (tertiary/aromatic N) is 1. The van der Waals surface area contributed by atoms with E-state index in [0.717, 1.165) is 25.7 Å². The van der Waals surface area contributed by atoms with Crippen molar-refractivity contribution >= 4 is 5.91 Å². The van der Waals surface area contributed by atoms with Crippen LogP contribution >= 0.6 is 0 Å². The third kappa shape index (κ3) is 2.02. The lowest BCUT2D eigenvalue weighted by Crippen LogP contribution is -2.51. The van der Waals surface area contributed by atoms with Crippen LogP contribution in [-0.2, 0) is 0 Å². The maximum atomic E-state index is 11.8. The Labute approximate surface area is 88.4 Å². The molecular formula is C10H16N4O. The topological polar surface area (TPSA) is 83.8 Å². The highest BCUT2D eigenvalue weighted by molar-refractivity contribution is 5.94. The summed E-state index contributed by atoms with van der Waals surface area (Å²) < 4.78 is 0. The summed E-state index contributed by atoms with van der Waals surface area (Å²) in [6.45, 7) is 0.511. The molecule has 0 saturated heterocycles. The summed E-state index contributed by atoms with van der Waals surface area (Å²) in [5.74, 6) is -0.0869. The van der Waals surface area contributed by atoms with Gasteiger partial charge in [0.05, 0.1) is 17.3 Å². The van der Waals surface area contributed by atoms with E-state index in [4.69, 9.17) is 5.73 Å². The zero-order chi connectivity index (χ0) is 10.7. The van der Waals surface area contributed by atoms with Gasteiger partial charge in [-0.25, -0.2) is 0 Å². The molecule has 4 N–H and O–H groups in total. The van der Waals surface area contributed by atoms with Gasteiger partial charge < -0.3 is 11.1 Å². The first kappa shape index (κ1) is 10.2. The minimum absolute atomic E-state index is 0.0869. The van der Waals surface area contributed by atoms with E-state index < -0.39 is 0 Å². The van der Waals surface area contributed by atoms with E-state index >= 15 is 0 Å². The third-order valence-corrected chi connectivity index (χ3v) is 3.09. The Hall–Kier alpha value is -1.36. The van der Waals surface area contributed by atoms with Crippen molar-refractivity contribution in [2.75, 3.05) is 6.54 Å². The molecule has 15 heavy (non-hydrogen) atoms. The zero-order valence-electron chi connectivity index (χ0n) is 8.62. The quantitative estimate of drug-likeness (QED) is 0.672. The number of H-pyrrole nitrogens is 1. The Balaban J connectivity index is 2.04. The molecule has 0 atom stereocenters. The molecule has 0 radical (unpaired) electrons. The molecule has 1 saturated carbocycles. The van der Waals surface area contributed by atoms with E-state index in [9.17, 15) is 4.79 Å². The first-order valence-corrected chi connectivity index (χ1v) is 5.27. The summed E-state index contributed by atoms with van der Waals surface area (Å²) >= 11 is 0. The standard InChI is InChI=1S/C10H16N4O/c11-7-10(3-1-2-4-10)14-9(15)8-5-12-13-6-8/h5-6H,1-4,7,11H2,(H,12,13)(H,14,15). The number of carbonyl (C=O) groups is 1. The van der Waals surface area contributed by atoms with Gasteiger partial charge in [-0.05, 0) is 12.8 Å². The molecule has 1 aliphatic carbocycles. The average molecular weight is 208 g/mol. The first-order chi connectivity index (χ1) is 7.26. The number of nitrogens with two attached hydrogens (primary N) is 1. The van der Waals surface area contributed by atoms with Crippen molar-refractivity contribution in [2.45, 2.75) is 31.2 Å². The number of amides is 1. The second-order valence-corrected chi connectivity index (χ2v) is 4.13. The predicted octanol–water partition coefficient (Wildman–Crippen LogP) is 0.411. The van der Waals surface area contributed by atoms with Crippen molar-refractivity contribution < 1.29 is 4.79 Å². The minimum Gasteiger partial charge on any atom is -0.345 e. The van der Waals surface area contributed by atoms with Crippen LogP contribution in [0.15, 0.2) is 12.4 Å². The van der Waals surface area contributed by atoms with Gasteiger partial charge in [0.1, 0.15) is 0 Å². The number of hydrogen-bond acceptors (Lipinski definition) is 3. The fraction of sp³-hybridized carbons (Fsp3) is 0.600. The van der Waals surface area contributed by atoms with Gasteiger partial charge in [0.15, 0.2) is 0 Å². The van der Waals surface area contributed by atoms with Crippen molar-refractivity contribution in [1.82, 2.24) is 15.5 Å². The first-order valence-electron chi connectivity index (χ1n) is 5.27. The molecule has 1 amide bonds. The van der Waals surface area contributed by atoms with E-state index in [1.807, 2.05) is 0 Å². The van der Waals surface area contributed by atoms with Crippen LogP contribution in [0.5, 0.6) is 0 Å². The molecule has 1 heterocycles. The van der Waals surface area contributed by atoms with Gasteiger partial charge in [0.2, 0.25) is 0 Å². The monoisotopic (exact) mass is 208 g/mol. The van der Waals surface area contributed by atoms with Gasteiger partial charge in [-0.3, -0.25) is 9.89 Å². The number of aromatic nitrogens is 2. The molecule has 5 heteroatoms. The Kier molecular flexibility index (Phi) is 2.73. The highest BCUT2D eigenvalue weighted by atomic mass is 16.1. The Morgan fingerprint density at radius 1 is 1.60 bits per heavy atom. The van der Waals surface area contributed by atoms with Crippen LogP contribution in [0, 0.1) is 0 Å². The summed E-state index contributed by atoms with van der Waals surface area (Å²) in [5.41, 5.74) is 6.11. The lowest BCUT2D eigenvalue weighted by atomic mass is 9.97. The molecule has 0 bridgehead atoms. The molecule has 2 rings (SSSR count). The molecule has 1 aromatic rings. The molecule has 82 valence electrons. The van der Waals surface area contributed by atoms with Crippen molar-refractivity contribution in [1.29, 1.82) is 0 Å². The summed E-state index contributed by atoms with van der Waals surface area (Å²) in [5, 5.41) is 9.39. The number of rotatable bonds is 3. The van der Waals surface area contributed by atoms with Crippen LogP contribution in [-0.4, -0.2) is 28.2 Å². The van der Waals surface area contributed by atoms with E-state index in [2.05, 4.69) is 15.5 Å². The molecule has 0 spiro atoms. The highest BCUT2D eigenvalue weighted by Gasteiger charge is 2.34. The van der Waals surface area contributed by atoms with Crippen LogP contribution in [0.2, 0.25) is 0 Å². The normalized spacial score (nSPS) is 19.0. The fourth-order valence-electron chi connectivity index (χ4n) is 2.12. The third-order valence-electron chi connectivity index (χ3n) is 3.09. The van der Waals surface area contributed by atoms with Gasteiger partial charge in [-0.15, -0.1) is 0 Å². The smallest absolute Gasteiger partial charge is 0.254 e. The lowest BCUT2D eigenvalue weighted by Gasteiger charge is -2.28. The van der Waals surface area contributed by atoms with Crippen LogP contribution < -0.4 is 11.1 Å². The highest BCUT2D eigenvalue weighted by Crippen LogP contribution is 2.28. The van der Waals surface area contributed by atoms with Gasteiger partial charge in [0.25, 0.3) is 5.91 Å². The van der Waals surface area contributed by atoms with E-state index in [1.165, 1.54) is 6.20 Å². The Bertz CT molecular complexity index is 327. The number of hydrogen-bond donors (Lipinski definition) is 3. The maximum Gasteiger partial charge on any atom is 0.254 e. The van der Waals surface area contributed by atoms with E-state index in [-0.39, 0.29) is 11.4 Å². The van der Waals surface area contributed by atoms with Crippen LogP contribution in [0.1, 0.15) is 36.0 Å². The number of nitrogens with one attached hydrogen (secondary N) is 2. The van der Waals surface area contributed by atoms with Gasteiger partial charge in [-0.1, -0.05) is 12.8 Å². The van der Waals surface area contributed by atoms with Gasteiger partial charge in [0, 0.05) is 12.7 Å². The Morgan fingerprint density at radius 2 is 2.33 bits per heavy atom. The van der Waals surface area contributed by atoms with Crippen molar-refractivity contribution in [3.8, 4) is 0 Å². The second-order valence-electron chi connectivity index (χ2n) is 4.13. The van der Waals surface area contributed by atoms with Crippen LogP contribution in [0.3, 0.4) is 0 Å². The molecule has 0 aliphatic heterocycles. The van der Waals surface area contributed by atoms with Crippen molar-refractivity contribution in [3.05, 3.63) is 18.0 Å². The molecule has 0 aromatic carbocycles. The molecule has 1 fully saturated rings. The molecule has 1 aliphatic rings. The van der Waals surface area contributed by atoms with E-state index in [0.29, 0.717) is 12.1 Å². The van der Waals surface area contributed by atoms with Crippen LogP contribution in [0.4, 0.5) is 0 Å². The molecule has 5 nitrogen and oxygen atoms in total. The maximum absolute atomic E-state index is 11.8. The van der Waals surface area contributed by atoms with Crippen LogP contribution in [0.25, 0.3) is 0 Å². The van der Waals surface area contributed by atoms with Crippen molar-refractivity contribution in [3.63, 3.8) is 0 Å². The number of aromatic amines is 1. The average Bonchev–Trinajstić information content (AvgIpc) is 2.88. The Morgan fingerprint density at radius 3 is 2.87 bits per heavy atom. The summed E-state index contributed by atoms with van der Waals surface area (Å²) in [6.07, 6.45) is 7.36. The summed E-state index contributed by atoms with van der Waals surface area (Å²) in [6, 6.07) is 0. The fourth-order valence-corrected chi connectivity index (χ4v) is 2.12. The lowest BCUT2D eigenvalue weighted by molar-refractivity contribution is 0.0903. The van der Waals surface area contributed by atoms with Crippen molar-refractivity contribution in [2.24, 2.45) is 5.73 Å². The second kappa shape index (κ2) is 4.02. The molecule has 0 unspecified atom stereocenters. The molecule has 1 aromatic heterocycles. The largest absolute Gasteiger partial charge is 0.345 e. The van der Waals surface area contributed by atoms with Gasteiger partial charge in [-0.2, -0.15) is 5.10 Å².